The number of aryl methyl sites for hydroxylation is 1. The molecular formula is C22H27N3O4S. The van der Waals surface area contributed by atoms with Crippen molar-refractivity contribution in [3.63, 3.8) is 0 Å². The van der Waals surface area contributed by atoms with Crippen LogP contribution in [0.3, 0.4) is 0 Å². The van der Waals surface area contributed by atoms with Crippen molar-refractivity contribution in [3.8, 4) is 0 Å². The average Bonchev–Trinajstić information content (AvgIpc) is 3.42. The van der Waals surface area contributed by atoms with E-state index < -0.39 is 11.6 Å². The zero-order chi connectivity index (χ0) is 21.3. The second kappa shape index (κ2) is 8.26. The van der Waals surface area contributed by atoms with E-state index in [-0.39, 0.29) is 30.8 Å². The van der Waals surface area contributed by atoms with Crippen LogP contribution in [0.5, 0.6) is 0 Å². The largest absolute Gasteiger partial charge is 0.467 e. The number of rotatable bonds is 6. The number of furan rings is 1. The molecule has 1 saturated carbocycles. The summed E-state index contributed by atoms with van der Waals surface area (Å²) >= 11 is 1.62. The van der Waals surface area contributed by atoms with Gasteiger partial charge in [-0.1, -0.05) is 19.8 Å². The normalized spacial score (nSPS) is 23.8. The Bertz CT molecular complexity index is 938. The van der Waals surface area contributed by atoms with Gasteiger partial charge in [-0.05, 0) is 49.9 Å². The number of hydrogen-bond acceptors (Lipinski definition) is 5. The molecule has 4 rings (SSSR count). The third-order valence-electron chi connectivity index (χ3n) is 6.22. The highest BCUT2D eigenvalue weighted by Gasteiger charge is 2.55. The van der Waals surface area contributed by atoms with Gasteiger partial charge in [0.1, 0.15) is 17.8 Å². The lowest BCUT2D eigenvalue weighted by Crippen LogP contribution is -2.54. The molecule has 30 heavy (non-hydrogen) atoms. The molecule has 8 heteroatoms. The first kappa shape index (κ1) is 20.7. The first-order valence-electron chi connectivity index (χ1n) is 10.4. The van der Waals surface area contributed by atoms with Crippen LogP contribution in [0.4, 0.5) is 4.79 Å². The van der Waals surface area contributed by atoms with Crippen molar-refractivity contribution in [1.82, 2.24) is 15.1 Å². The number of amides is 4. The molecule has 0 bridgehead atoms. The topological polar surface area (TPSA) is 82.9 Å². The summed E-state index contributed by atoms with van der Waals surface area (Å²) in [4.78, 5) is 44.0. The fraction of sp³-hybridized carbons (Fsp3) is 0.500. The Morgan fingerprint density at radius 2 is 2.13 bits per heavy atom. The molecule has 0 radical (unpaired) electrons. The molecule has 2 atom stereocenters. The van der Waals surface area contributed by atoms with Crippen LogP contribution >= 0.6 is 11.3 Å². The van der Waals surface area contributed by atoms with Crippen molar-refractivity contribution in [3.05, 3.63) is 46.0 Å². The minimum atomic E-state index is -0.855. The minimum absolute atomic E-state index is 0.0658. The van der Waals surface area contributed by atoms with E-state index in [1.807, 2.05) is 32.0 Å². The van der Waals surface area contributed by atoms with Crippen LogP contribution in [0.15, 0.2) is 34.9 Å². The Hall–Kier alpha value is -2.61. The van der Waals surface area contributed by atoms with Gasteiger partial charge in [0.05, 0.1) is 19.4 Å². The maximum atomic E-state index is 13.2. The lowest BCUT2D eigenvalue weighted by molar-refractivity contribution is -0.141. The summed E-state index contributed by atoms with van der Waals surface area (Å²) in [6, 6.07) is 7.13. The van der Waals surface area contributed by atoms with E-state index >= 15 is 0 Å². The van der Waals surface area contributed by atoms with Gasteiger partial charge < -0.3 is 14.6 Å². The van der Waals surface area contributed by atoms with Gasteiger partial charge in [-0.2, -0.15) is 0 Å². The monoisotopic (exact) mass is 429 g/mol. The van der Waals surface area contributed by atoms with Crippen molar-refractivity contribution in [2.24, 2.45) is 5.92 Å². The molecule has 1 spiro atoms. The molecule has 1 saturated heterocycles. The number of nitrogens with zero attached hydrogens (tertiary/aromatic N) is 2. The summed E-state index contributed by atoms with van der Waals surface area (Å²) in [6.07, 6.45) is 5.06. The molecule has 7 nitrogen and oxygen atoms in total. The van der Waals surface area contributed by atoms with E-state index in [0.29, 0.717) is 18.7 Å². The third kappa shape index (κ3) is 3.88. The van der Waals surface area contributed by atoms with Gasteiger partial charge in [0.2, 0.25) is 5.91 Å². The van der Waals surface area contributed by atoms with E-state index in [4.69, 9.17) is 4.42 Å². The Morgan fingerprint density at radius 3 is 2.80 bits per heavy atom. The highest BCUT2D eigenvalue weighted by Crippen LogP contribution is 2.38. The maximum Gasteiger partial charge on any atom is 0.325 e. The fourth-order valence-corrected chi connectivity index (χ4v) is 5.36. The molecule has 2 unspecified atom stereocenters. The van der Waals surface area contributed by atoms with Crippen LogP contribution in [0.25, 0.3) is 0 Å². The smallest absolute Gasteiger partial charge is 0.325 e. The molecule has 160 valence electrons. The quantitative estimate of drug-likeness (QED) is 0.710. The molecule has 0 aromatic carbocycles. The SMILES string of the molecule is Cc1ccc(CN(Cc2ccco2)C(=O)CN2C(=O)NC3(CCCCC3C)C2=O)s1. The molecule has 2 aromatic heterocycles. The molecule has 4 amide bonds. The minimum Gasteiger partial charge on any atom is -0.467 e. The van der Waals surface area contributed by atoms with Gasteiger partial charge in [0, 0.05) is 9.75 Å². The number of thiophene rings is 1. The third-order valence-corrected chi connectivity index (χ3v) is 7.20. The van der Waals surface area contributed by atoms with E-state index in [9.17, 15) is 14.4 Å². The fourth-order valence-electron chi connectivity index (χ4n) is 4.46. The Morgan fingerprint density at radius 1 is 1.30 bits per heavy atom. The molecule has 1 N–H and O–H groups in total. The zero-order valence-electron chi connectivity index (χ0n) is 17.3. The summed E-state index contributed by atoms with van der Waals surface area (Å²) in [5.41, 5.74) is -0.855. The van der Waals surface area contributed by atoms with Crippen molar-refractivity contribution < 1.29 is 18.8 Å². The number of carbonyl (C=O) groups is 3. The lowest BCUT2D eigenvalue weighted by atomic mass is 9.73. The number of nitrogens with one attached hydrogen (secondary N) is 1. The summed E-state index contributed by atoms with van der Waals surface area (Å²) in [6.45, 7) is 4.46. The predicted octanol–water partition coefficient (Wildman–Crippen LogP) is 3.68. The summed E-state index contributed by atoms with van der Waals surface area (Å²) in [5.74, 6) is 0.182. The van der Waals surface area contributed by atoms with Crippen LogP contribution < -0.4 is 5.32 Å². The van der Waals surface area contributed by atoms with E-state index in [1.54, 1.807) is 28.6 Å². The molecule has 2 fully saturated rings. The Labute approximate surface area is 180 Å². The number of hydrogen-bond donors (Lipinski definition) is 1. The molecule has 3 heterocycles. The van der Waals surface area contributed by atoms with Crippen LogP contribution in [0.1, 0.15) is 48.1 Å². The van der Waals surface area contributed by atoms with Gasteiger partial charge in [-0.25, -0.2) is 4.79 Å². The van der Waals surface area contributed by atoms with Crippen LogP contribution in [0.2, 0.25) is 0 Å². The summed E-state index contributed by atoms with van der Waals surface area (Å²) in [7, 11) is 0. The first-order valence-corrected chi connectivity index (χ1v) is 11.2. The molecule has 1 aliphatic heterocycles. The molecule has 2 aliphatic rings. The van der Waals surface area contributed by atoms with Gasteiger partial charge in [0.15, 0.2) is 0 Å². The van der Waals surface area contributed by atoms with Gasteiger partial charge in [-0.15, -0.1) is 11.3 Å². The maximum absolute atomic E-state index is 13.2. The van der Waals surface area contributed by atoms with Crippen molar-refractivity contribution in [2.75, 3.05) is 6.54 Å². The molecular weight excluding hydrogens is 402 g/mol. The standard InChI is InChI=1S/C22H27N3O4S/c1-15-6-3-4-10-22(15)20(27)25(21(28)23-22)14-19(26)24(12-17-7-5-11-29-17)13-18-9-8-16(2)30-18/h5,7-9,11,15H,3-4,6,10,12-14H2,1-2H3,(H,23,28). The summed E-state index contributed by atoms with van der Waals surface area (Å²) < 4.78 is 5.42. The first-order chi connectivity index (χ1) is 14.4. The Balaban J connectivity index is 1.51. The van der Waals surface area contributed by atoms with Crippen molar-refractivity contribution in [2.45, 2.75) is 58.2 Å². The van der Waals surface area contributed by atoms with Gasteiger partial charge in [-0.3, -0.25) is 14.5 Å². The molecule has 1 aliphatic carbocycles. The van der Waals surface area contributed by atoms with Crippen LogP contribution in [-0.2, 0) is 22.7 Å². The van der Waals surface area contributed by atoms with Crippen molar-refractivity contribution >= 4 is 29.2 Å². The molecule has 2 aromatic rings. The number of imide groups is 1. The highest BCUT2D eigenvalue weighted by molar-refractivity contribution is 7.11. The number of urea groups is 1. The summed E-state index contributed by atoms with van der Waals surface area (Å²) in [5, 5.41) is 2.91. The lowest BCUT2D eigenvalue weighted by Gasteiger charge is -2.36. The van der Waals surface area contributed by atoms with Gasteiger partial charge in [0.25, 0.3) is 5.91 Å². The van der Waals surface area contributed by atoms with Crippen molar-refractivity contribution in [1.29, 1.82) is 0 Å². The highest BCUT2D eigenvalue weighted by atomic mass is 32.1. The second-order valence-electron chi connectivity index (χ2n) is 8.28. The number of carbonyl (C=O) groups excluding carboxylic acids is 3. The van der Waals surface area contributed by atoms with E-state index in [1.165, 1.54) is 0 Å². The van der Waals surface area contributed by atoms with E-state index in [2.05, 4.69) is 5.32 Å². The van der Waals surface area contributed by atoms with Crippen LogP contribution in [-0.4, -0.2) is 39.7 Å². The average molecular weight is 430 g/mol. The Kier molecular flexibility index (Phi) is 5.69. The van der Waals surface area contributed by atoms with E-state index in [0.717, 1.165) is 33.9 Å². The second-order valence-corrected chi connectivity index (χ2v) is 9.65. The predicted molar refractivity (Wildman–Crippen MR) is 113 cm³/mol. The van der Waals surface area contributed by atoms with Gasteiger partial charge >= 0.3 is 6.03 Å². The van der Waals surface area contributed by atoms with Crippen LogP contribution in [0, 0.1) is 12.8 Å². The zero-order valence-corrected chi connectivity index (χ0v) is 18.2.